The molecule has 0 atom stereocenters. The van der Waals surface area contributed by atoms with Crippen LogP contribution in [0.4, 0.5) is 4.79 Å². The van der Waals surface area contributed by atoms with Gasteiger partial charge >= 0.3 is 6.16 Å². The fraction of sp³-hybridized carbons (Fsp3) is 0.250. The van der Waals surface area contributed by atoms with Crippen LogP contribution in [0.2, 0.25) is 0 Å². The van der Waals surface area contributed by atoms with Gasteiger partial charge in [-0.25, -0.2) is 4.79 Å². The van der Waals surface area contributed by atoms with Crippen LogP contribution >= 0.6 is 0 Å². The van der Waals surface area contributed by atoms with Crippen molar-refractivity contribution in [1.82, 2.24) is 4.90 Å². The molecule has 0 aliphatic heterocycles. The molecule has 0 saturated carbocycles. The summed E-state index contributed by atoms with van der Waals surface area (Å²) < 4.78 is 9.24. The number of aromatic hydroxyl groups is 1. The number of phenols is 1. The lowest BCUT2D eigenvalue weighted by molar-refractivity contribution is 0.0817. The van der Waals surface area contributed by atoms with Gasteiger partial charge in [0.1, 0.15) is 12.4 Å². The van der Waals surface area contributed by atoms with Gasteiger partial charge in [-0.3, -0.25) is 4.90 Å². The number of ether oxygens (including phenoxy) is 2. The molecule has 5 heteroatoms. The molecule has 0 bridgehead atoms. The van der Waals surface area contributed by atoms with E-state index in [1.807, 2.05) is 36.4 Å². The normalized spacial score (nSPS) is 11.0. The van der Waals surface area contributed by atoms with Gasteiger partial charge in [0, 0.05) is 19.6 Å². The molecule has 0 aliphatic carbocycles. The van der Waals surface area contributed by atoms with Gasteiger partial charge in [-0.15, -0.1) is 0 Å². The largest absolute Gasteiger partial charge is 0.508 e. The first-order chi connectivity index (χ1) is 12.2. The number of phenolic OH excluding ortho intramolecular Hbond substituents is 1. The van der Waals surface area contributed by atoms with Crippen LogP contribution in [0.25, 0.3) is 0 Å². The van der Waals surface area contributed by atoms with Crippen molar-refractivity contribution in [1.29, 1.82) is 0 Å². The highest BCUT2D eigenvalue weighted by molar-refractivity contribution is 5.59. The van der Waals surface area contributed by atoms with Crippen LogP contribution in [0.5, 0.6) is 5.75 Å². The zero-order valence-electron chi connectivity index (χ0n) is 14.3. The minimum absolute atomic E-state index is 0.179. The van der Waals surface area contributed by atoms with Gasteiger partial charge in [0.25, 0.3) is 0 Å². The Morgan fingerprint density at radius 1 is 1.04 bits per heavy atom. The Labute approximate surface area is 148 Å². The van der Waals surface area contributed by atoms with E-state index in [9.17, 15) is 9.90 Å². The molecule has 0 aromatic heterocycles. The van der Waals surface area contributed by atoms with Crippen LogP contribution in [-0.2, 0) is 22.6 Å². The highest BCUT2D eigenvalue weighted by Gasteiger charge is 2.06. The summed E-state index contributed by atoms with van der Waals surface area (Å²) in [5.41, 5.74) is 2.25. The van der Waals surface area contributed by atoms with Crippen LogP contribution in [-0.4, -0.2) is 36.4 Å². The van der Waals surface area contributed by atoms with Crippen molar-refractivity contribution >= 4 is 6.16 Å². The minimum Gasteiger partial charge on any atom is -0.508 e. The molecule has 0 radical (unpaired) electrons. The van der Waals surface area contributed by atoms with Gasteiger partial charge in [0.05, 0.1) is 7.11 Å². The van der Waals surface area contributed by atoms with Gasteiger partial charge in [0.15, 0.2) is 0 Å². The van der Waals surface area contributed by atoms with E-state index in [2.05, 4.69) is 21.8 Å². The predicted octanol–water partition coefficient (Wildman–Crippen LogP) is 3.73. The van der Waals surface area contributed by atoms with E-state index in [0.29, 0.717) is 13.1 Å². The maximum Gasteiger partial charge on any atom is 0.508 e. The first-order valence-corrected chi connectivity index (χ1v) is 8.07. The molecule has 2 rings (SSSR count). The van der Waals surface area contributed by atoms with Gasteiger partial charge < -0.3 is 14.6 Å². The molecule has 0 spiro atoms. The first-order valence-electron chi connectivity index (χ1n) is 8.07. The van der Waals surface area contributed by atoms with Gasteiger partial charge in [-0.2, -0.15) is 0 Å². The summed E-state index contributed by atoms with van der Waals surface area (Å²) in [6, 6.07) is 17.4. The Kier molecular flexibility index (Phi) is 7.53. The van der Waals surface area contributed by atoms with E-state index in [1.54, 1.807) is 18.2 Å². The molecule has 25 heavy (non-hydrogen) atoms. The third kappa shape index (κ3) is 7.10. The third-order valence-corrected chi connectivity index (χ3v) is 3.56. The Morgan fingerprint density at radius 2 is 1.76 bits per heavy atom. The lowest BCUT2D eigenvalue weighted by Gasteiger charge is -2.21. The number of rotatable bonds is 8. The predicted molar refractivity (Wildman–Crippen MR) is 96.2 cm³/mol. The number of hydrogen-bond donors (Lipinski definition) is 1. The molecule has 5 nitrogen and oxygen atoms in total. The number of methoxy groups -OCH3 is 1. The standard InChI is InChI=1S/C20H23NO4/c1-24-20(23)25-13-6-5-12-21(15-17-8-3-2-4-9-17)16-18-10-7-11-19(22)14-18/h2-11,14,22H,12-13,15-16H2,1H3/b6-5+. The Hall–Kier alpha value is -2.79. The zero-order valence-corrected chi connectivity index (χ0v) is 14.3. The SMILES string of the molecule is COC(=O)OC/C=C/CN(Cc1ccccc1)Cc1cccc(O)c1. The molecule has 1 N–H and O–H groups in total. The van der Waals surface area contributed by atoms with E-state index < -0.39 is 6.16 Å². The van der Waals surface area contributed by atoms with Crippen molar-refractivity contribution in [3.05, 3.63) is 77.9 Å². The molecular weight excluding hydrogens is 318 g/mol. The average Bonchev–Trinajstić information content (AvgIpc) is 2.62. The summed E-state index contributed by atoms with van der Waals surface area (Å²) in [7, 11) is 1.28. The molecule has 0 heterocycles. The van der Waals surface area contributed by atoms with Crippen LogP contribution in [0.3, 0.4) is 0 Å². The second-order valence-electron chi connectivity index (χ2n) is 5.56. The summed E-state index contributed by atoms with van der Waals surface area (Å²) >= 11 is 0. The molecule has 0 aliphatic rings. The van der Waals surface area contributed by atoms with Crippen molar-refractivity contribution in [2.75, 3.05) is 20.3 Å². The van der Waals surface area contributed by atoms with E-state index in [0.717, 1.165) is 12.1 Å². The Bertz CT molecular complexity index is 685. The molecule has 2 aromatic rings. The van der Waals surface area contributed by atoms with Crippen LogP contribution in [0.15, 0.2) is 66.7 Å². The monoisotopic (exact) mass is 341 g/mol. The van der Waals surface area contributed by atoms with Gasteiger partial charge in [-0.1, -0.05) is 48.5 Å². The number of carbonyl (C=O) groups excluding carboxylic acids is 1. The van der Waals surface area contributed by atoms with Crippen molar-refractivity contribution in [2.45, 2.75) is 13.1 Å². The van der Waals surface area contributed by atoms with Crippen molar-refractivity contribution in [3.63, 3.8) is 0 Å². The number of carbonyl (C=O) groups is 1. The summed E-state index contributed by atoms with van der Waals surface area (Å²) in [6.07, 6.45) is 3.05. The maximum absolute atomic E-state index is 10.9. The summed E-state index contributed by atoms with van der Waals surface area (Å²) in [5.74, 6) is 0.263. The zero-order chi connectivity index (χ0) is 17.9. The van der Waals surface area contributed by atoms with Crippen molar-refractivity contribution in [3.8, 4) is 5.75 Å². The second-order valence-corrected chi connectivity index (χ2v) is 5.56. The summed E-state index contributed by atoms with van der Waals surface area (Å²) in [6.45, 7) is 2.34. The highest BCUT2D eigenvalue weighted by atomic mass is 16.7. The van der Waals surface area contributed by atoms with E-state index in [-0.39, 0.29) is 12.4 Å². The summed E-state index contributed by atoms with van der Waals surface area (Å²) in [5, 5.41) is 9.64. The molecule has 132 valence electrons. The van der Waals surface area contributed by atoms with E-state index >= 15 is 0 Å². The number of nitrogens with zero attached hydrogens (tertiary/aromatic N) is 1. The van der Waals surface area contributed by atoms with Crippen LogP contribution < -0.4 is 0 Å². The lowest BCUT2D eigenvalue weighted by Crippen LogP contribution is -2.23. The van der Waals surface area contributed by atoms with Gasteiger partial charge in [-0.05, 0) is 29.3 Å². The number of hydrogen-bond acceptors (Lipinski definition) is 5. The van der Waals surface area contributed by atoms with E-state index in [4.69, 9.17) is 4.74 Å². The summed E-state index contributed by atoms with van der Waals surface area (Å²) in [4.78, 5) is 13.1. The Morgan fingerprint density at radius 3 is 2.48 bits per heavy atom. The van der Waals surface area contributed by atoms with Crippen molar-refractivity contribution < 1.29 is 19.4 Å². The van der Waals surface area contributed by atoms with Crippen LogP contribution in [0, 0.1) is 0 Å². The smallest absolute Gasteiger partial charge is 0.508 e. The fourth-order valence-electron chi connectivity index (χ4n) is 2.41. The molecule has 0 unspecified atom stereocenters. The second kappa shape index (κ2) is 10.2. The fourth-order valence-corrected chi connectivity index (χ4v) is 2.41. The van der Waals surface area contributed by atoms with E-state index in [1.165, 1.54) is 12.7 Å². The third-order valence-electron chi connectivity index (χ3n) is 3.56. The minimum atomic E-state index is -0.689. The molecule has 0 saturated heterocycles. The molecule has 2 aromatic carbocycles. The quantitative estimate of drug-likeness (QED) is 0.585. The maximum atomic E-state index is 10.9. The molecule has 0 amide bonds. The lowest BCUT2D eigenvalue weighted by atomic mass is 10.1. The molecule has 0 fully saturated rings. The van der Waals surface area contributed by atoms with Gasteiger partial charge in [0.2, 0.25) is 0 Å². The Balaban J connectivity index is 1.96. The molecular formula is C20H23NO4. The highest BCUT2D eigenvalue weighted by Crippen LogP contribution is 2.15. The first kappa shape index (κ1) is 18.5. The number of benzene rings is 2. The topological polar surface area (TPSA) is 59.0 Å². The average molecular weight is 341 g/mol. The van der Waals surface area contributed by atoms with Crippen LogP contribution in [0.1, 0.15) is 11.1 Å². The van der Waals surface area contributed by atoms with Crippen molar-refractivity contribution in [2.24, 2.45) is 0 Å².